The summed E-state index contributed by atoms with van der Waals surface area (Å²) in [5, 5.41) is 1.04. The fourth-order valence-electron chi connectivity index (χ4n) is 2.57. The predicted octanol–water partition coefficient (Wildman–Crippen LogP) is 5.35. The topological polar surface area (TPSA) is 26.3 Å². The molecule has 2 nitrogen and oxygen atoms in total. The van der Waals surface area contributed by atoms with Gasteiger partial charge in [0.15, 0.2) is 0 Å². The Morgan fingerprint density at radius 1 is 0.900 bits per heavy atom. The van der Waals surface area contributed by atoms with Crippen LogP contribution in [0.3, 0.4) is 0 Å². The smallest absolute Gasteiger partial charge is 0.305 e. The van der Waals surface area contributed by atoms with E-state index in [4.69, 9.17) is 0 Å². The van der Waals surface area contributed by atoms with Crippen molar-refractivity contribution in [2.24, 2.45) is 0 Å². The molecule has 0 aromatic heterocycles. The number of ether oxygens (including phenoxy) is 1. The summed E-state index contributed by atoms with van der Waals surface area (Å²) < 4.78 is 4.63. The lowest BCUT2D eigenvalue weighted by atomic mass is 10.0. The first-order valence-electron chi connectivity index (χ1n) is 8.51. The molecule has 0 bridgehead atoms. The molecular formula is C17H32O2S. The van der Waals surface area contributed by atoms with E-state index in [1.165, 1.54) is 83.5 Å². The molecule has 1 unspecified atom stereocenters. The van der Waals surface area contributed by atoms with Gasteiger partial charge in [-0.2, -0.15) is 11.8 Å². The molecule has 0 spiro atoms. The Balaban J connectivity index is 1.64. The summed E-state index contributed by atoms with van der Waals surface area (Å²) in [6.45, 7) is 0. The zero-order valence-electron chi connectivity index (χ0n) is 13.2. The van der Waals surface area contributed by atoms with E-state index in [1.54, 1.807) is 0 Å². The third kappa shape index (κ3) is 11.6. The Hall–Kier alpha value is -0.180. The van der Waals surface area contributed by atoms with Crippen LogP contribution in [0.4, 0.5) is 0 Å². The molecule has 0 aliphatic carbocycles. The molecule has 0 radical (unpaired) electrons. The van der Waals surface area contributed by atoms with Crippen molar-refractivity contribution in [1.29, 1.82) is 0 Å². The third-order valence-corrected chi connectivity index (χ3v) is 5.08. The minimum Gasteiger partial charge on any atom is -0.469 e. The second-order valence-electron chi connectivity index (χ2n) is 5.96. The summed E-state index contributed by atoms with van der Waals surface area (Å²) >= 11 is 2.13. The molecule has 1 atom stereocenters. The molecule has 1 fully saturated rings. The van der Waals surface area contributed by atoms with E-state index in [1.807, 2.05) is 0 Å². The van der Waals surface area contributed by atoms with Crippen molar-refractivity contribution >= 4 is 17.7 Å². The highest BCUT2D eigenvalue weighted by Gasteiger charge is 2.20. The zero-order chi connectivity index (χ0) is 14.5. The van der Waals surface area contributed by atoms with Gasteiger partial charge in [-0.3, -0.25) is 4.79 Å². The number of carbonyl (C=O) groups is 1. The van der Waals surface area contributed by atoms with Crippen molar-refractivity contribution in [2.45, 2.75) is 88.7 Å². The van der Waals surface area contributed by atoms with Crippen molar-refractivity contribution in [3.8, 4) is 0 Å². The Labute approximate surface area is 129 Å². The fraction of sp³-hybridized carbons (Fsp3) is 0.941. The number of hydrogen-bond acceptors (Lipinski definition) is 3. The highest BCUT2D eigenvalue weighted by atomic mass is 32.2. The van der Waals surface area contributed by atoms with Gasteiger partial charge in [-0.25, -0.2) is 0 Å². The van der Waals surface area contributed by atoms with E-state index in [0.717, 1.165) is 11.7 Å². The maximum atomic E-state index is 10.9. The van der Waals surface area contributed by atoms with E-state index >= 15 is 0 Å². The van der Waals surface area contributed by atoms with Gasteiger partial charge in [0, 0.05) is 17.4 Å². The molecular weight excluding hydrogens is 268 g/mol. The van der Waals surface area contributed by atoms with Crippen LogP contribution in [0.15, 0.2) is 0 Å². The normalized spacial score (nSPS) is 17.1. The molecule has 1 heterocycles. The lowest BCUT2D eigenvalue weighted by molar-refractivity contribution is -0.140. The van der Waals surface area contributed by atoms with Gasteiger partial charge in [-0.15, -0.1) is 0 Å². The molecule has 0 saturated carbocycles. The second kappa shape index (κ2) is 12.6. The minimum atomic E-state index is -0.0646. The van der Waals surface area contributed by atoms with Crippen molar-refractivity contribution < 1.29 is 9.53 Å². The van der Waals surface area contributed by atoms with E-state index in [9.17, 15) is 4.79 Å². The highest BCUT2D eigenvalue weighted by Crippen LogP contribution is 2.34. The van der Waals surface area contributed by atoms with Crippen LogP contribution >= 0.6 is 11.8 Å². The van der Waals surface area contributed by atoms with Crippen molar-refractivity contribution in [3.63, 3.8) is 0 Å². The summed E-state index contributed by atoms with van der Waals surface area (Å²) in [5.74, 6) is 1.37. The van der Waals surface area contributed by atoms with Crippen molar-refractivity contribution in [1.82, 2.24) is 0 Å². The summed E-state index contributed by atoms with van der Waals surface area (Å²) in [7, 11) is 1.47. The first-order valence-corrected chi connectivity index (χ1v) is 9.56. The molecule has 0 amide bonds. The number of esters is 1. The second-order valence-corrected chi connectivity index (χ2v) is 7.29. The Bertz CT molecular complexity index is 239. The Kier molecular flexibility index (Phi) is 11.2. The summed E-state index contributed by atoms with van der Waals surface area (Å²) in [6, 6.07) is 0. The summed E-state index contributed by atoms with van der Waals surface area (Å²) in [6.07, 6.45) is 16.8. The zero-order valence-corrected chi connectivity index (χ0v) is 14.0. The number of unbranched alkanes of at least 4 members (excludes halogenated alkanes) is 10. The largest absolute Gasteiger partial charge is 0.469 e. The molecule has 1 saturated heterocycles. The van der Waals surface area contributed by atoms with E-state index in [0.29, 0.717) is 6.42 Å². The number of carbonyl (C=O) groups excluding carboxylic acids is 1. The van der Waals surface area contributed by atoms with Gasteiger partial charge < -0.3 is 4.74 Å². The monoisotopic (exact) mass is 300 g/mol. The highest BCUT2D eigenvalue weighted by molar-refractivity contribution is 8.06. The van der Waals surface area contributed by atoms with Crippen LogP contribution in [-0.2, 0) is 9.53 Å². The van der Waals surface area contributed by atoms with Gasteiger partial charge >= 0.3 is 5.97 Å². The van der Waals surface area contributed by atoms with Crippen LogP contribution in [0.25, 0.3) is 0 Å². The van der Waals surface area contributed by atoms with Crippen molar-refractivity contribution in [2.75, 3.05) is 12.9 Å². The molecule has 0 aromatic rings. The van der Waals surface area contributed by atoms with Crippen LogP contribution in [0.5, 0.6) is 0 Å². The fourth-order valence-corrected chi connectivity index (χ4v) is 3.21. The van der Waals surface area contributed by atoms with Gasteiger partial charge in [0.2, 0.25) is 0 Å². The maximum absolute atomic E-state index is 10.9. The van der Waals surface area contributed by atoms with Crippen LogP contribution < -0.4 is 0 Å². The molecule has 118 valence electrons. The first-order chi connectivity index (χ1) is 9.83. The van der Waals surface area contributed by atoms with Gasteiger partial charge in [-0.05, 0) is 12.8 Å². The van der Waals surface area contributed by atoms with Gasteiger partial charge in [0.05, 0.1) is 7.11 Å². The van der Waals surface area contributed by atoms with E-state index in [2.05, 4.69) is 16.5 Å². The number of thioether (sulfide) groups is 1. The van der Waals surface area contributed by atoms with Crippen LogP contribution in [0.1, 0.15) is 83.5 Å². The van der Waals surface area contributed by atoms with Crippen LogP contribution in [0.2, 0.25) is 0 Å². The minimum absolute atomic E-state index is 0.0646. The molecule has 0 N–H and O–H groups in total. The van der Waals surface area contributed by atoms with Gasteiger partial charge in [0.25, 0.3) is 0 Å². The molecule has 3 heteroatoms. The molecule has 1 aliphatic heterocycles. The number of hydrogen-bond donors (Lipinski definition) is 0. The molecule has 0 aromatic carbocycles. The SMILES string of the molecule is COC(=O)CCCCCCCCCCCCCC1CS1. The molecule has 1 aliphatic rings. The van der Waals surface area contributed by atoms with Crippen molar-refractivity contribution in [3.05, 3.63) is 0 Å². The average molecular weight is 301 g/mol. The number of methoxy groups -OCH3 is 1. The standard InChI is InChI=1S/C17H32O2S/c1-19-17(18)14-12-10-8-6-4-2-3-5-7-9-11-13-16-15-20-16/h16H,2-15H2,1H3. The van der Waals surface area contributed by atoms with Gasteiger partial charge in [-0.1, -0.05) is 64.2 Å². The van der Waals surface area contributed by atoms with E-state index < -0.39 is 0 Å². The number of rotatable bonds is 14. The lowest BCUT2D eigenvalue weighted by Gasteiger charge is -2.03. The maximum Gasteiger partial charge on any atom is 0.305 e. The summed E-state index contributed by atoms with van der Waals surface area (Å²) in [5.41, 5.74) is 0. The molecule has 1 rings (SSSR count). The average Bonchev–Trinajstić information content (AvgIpc) is 3.27. The quantitative estimate of drug-likeness (QED) is 0.246. The summed E-state index contributed by atoms with van der Waals surface area (Å²) in [4.78, 5) is 10.9. The lowest BCUT2D eigenvalue weighted by Crippen LogP contribution is -1.99. The first kappa shape index (κ1) is 17.9. The van der Waals surface area contributed by atoms with Crippen LogP contribution in [0, 0.1) is 0 Å². The predicted molar refractivity (Wildman–Crippen MR) is 88.3 cm³/mol. The Morgan fingerprint density at radius 3 is 1.80 bits per heavy atom. The van der Waals surface area contributed by atoms with Gasteiger partial charge in [0.1, 0.15) is 0 Å². The van der Waals surface area contributed by atoms with Crippen LogP contribution in [-0.4, -0.2) is 24.1 Å². The Morgan fingerprint density at radius 2 is 1.35 bits per heavy atom. The van der Waals surface area contributed by atoms with E-state index in [-0.39, 0.29) is 5.97 Å². The molecule has 20 heavy (non-hydrogen) atoms. The third-order valence-electron chi connectivity index (χ3n) is 4.04.